The van der Waals surface area contributed by atoms with Crippen LogP contribution in [0.2, 0.25) is 0 Å². The van der Waals surface area contributed by atoms with Gasteiger partial charge in [0.25, 0.3) is 0 Å². The molecule has 0 saturated heterocycles. The largest absolute Gasteiger partial charge is 0.463 e. The number of esters is 2. The standard InChI is InChI=1S/C13H18O4/c1-4-11(7-9-16-12(14)5-2)8-10-17-13(15)6-3/h5-6H,1-4,7-10H2. The Morgan fingerprint density at radius 1 is 0.941 bits per heavy atom. The molecule has 0 N–H and O–H groups in total. The van der Waals surface area contributed by atoms with Gasteiger partial charge in [0.15, 0.2) is 0 Å². The van der Waals surface area contributed by atoms with Gasteiger partial charge in [-0.1, -0.05) is 20.1 Å². The lowest BCUT2D eigenvalue weighted by molar-refractivity contribution is -0.138. The highest BCUT2D eigenvalue weighted by Gasteiger charge is 2.09. The maximum absolute atomic E-state index is 10.8. The van der Waals surface area contributed by atoms with Crippen LogP contribution in [0.1, 0.15) is 19.3 Å². The fraction of sp³-hybridized carbons (Fsp3) is 0.385. The highest BCUT2D eigenvalue weighted by molar-refractivity contribution is 5.81. The fourth-order valence-corrected chi connectivity index (χ4v) is 1.08. The van der Waals surface area contributed by atoms with Crippen molar-refractivity contribution in [1.29, 1.82) is 0 Å². The second-order valence-electron chi connectivity index (χ2n) is 3.24. The van der Waals surface area contributed by atoms with Gasteiger partial charge in [-0.15, -0.1) is 0 Å². The van der Waals surface area contributed by atoms with Crippen molar-refractivity contribution in [3.8, 4) is 0 Å². The van der Waals surface area contributed by atoms with Crippen molar-refractivity contribution < 1.29 is 19.1 Å². The van der Waals surface area contributed by atoms with E-state index in [0.717, 1.165) is 18.1 Å². The topological polar surface area (TPSA) is 52.6 Å². The van der Waals surface area contributed by atoms with E-state index in [4.69, 9.17) is 9.47 Å². The Bertz CT molecular complexity index is 245. The number of hydrogen-bond acceptors (Lipinski definition) is 4. The molecule has 0 fully saturated rings. The minimum absolute atomic E-state index is 0.297. The van der Waals surface area contributed by atoms with E-state index in [1.807, 2.05) is 0 Å². The van der Waals surface area contributed by atoms with Crippen LogP contribution < -0.4 is 0 Å². The molecule has 0 aromatic rings. The monoisotopic (exact) mass is 238 g/mol. The molecule has 0 aliphatic carbocycles. The van der Waals surface area contributed by atoms with E-state index in [-0.39, 0.29) is 0 Å². The zero-order valence-electron chi connectivity index (χ0n) is 9.94. The van der Waals surface area contributed by atoms with Crippen molar-refractivity contribution in [1.82, 2.24) is 0 Å². The summed E-state index contributed by atoms with van der Waals surface area (Å²) in [6.07, 6.45) is 4.10. The minimum atomic E-state index is -0.438. The molecular weight excluding hydrogens is 220 g/mol. The van der Waals surface area contributed by atoms with Crippen LogP contribution in [0.15, 0.2) is 25.3 Å². The number of hydrogen-bond donors (Lipinski definition) is 0. The van der Waals surface area contributed by atoms with Crippen LogP contribution in [-0.2, 0) is 19.1 Å². The highest BCUT2D eigenvalue weighted by atomic mass is 16.5. The van der Waals surface area contributed by atoms with Gasteiger partial charge in [0, 0.05) is 12.2 Å². The molecule has 0 bridgehead atoms. The molecule has 0 unspecified atom stereocenters. The van der Waals surface area contributed by atoms with Gasteiger partial charge >= 0.3 is 11.9 Å². The van der Waals surface area contributed by atoms with Crippen LogP contribution in [0.5, 0.6) is 0 Å². The van der Waals surface area contributed by atoms with Crippen LogP contribution in [0.3, 0.4) is 0 Å². The lowest BCUT2D eigenvalue weighted by atomic mass is 9.99. The van der Waals surface area contributed by atoms with Gasteiger partial charge in [-0.25, -0.2) is 9.59 Å². The van der Waals surface area contributed by atoms with Crippen LogP contribution in [0, 0.1) is 12.8 Å². The normalized spacial score (nSPS) is 9.76. The van der Waals surface area contributed by atoms with Crippen LogP contribution >= 0.6 is 0 Å². The molecule has 0 aliphatic heterocycles. The second-order valence-corrected chi connectivity index (χ2v) is 3.24. The molecule has 2 radical (unpaired) electrons. The SMILES string of the molecule is [CH2]C[C](CCOC(=O)C=C)CCOC(=O)C=C. The van der Waals surface area contributed by atoms with Gasteiger partial charge in [-0.05, 0) is 25.2 Å². The van der Waals surface area contributed by atoms with Gasteiger partial charge in [0.05, 0.1) is 13.2 Å². The zero-order chi connectivity index (χ0) is 13.1. The molecule has 0 saturated carbocycles. The van der Waals surface area contributed by atoms with Gasteiger partial charge in [0.2, 0.25) is 0 Å². The van der Waals surface area contributed by atoms with Crippen molar-refractivity contribution in [3.63, 3.8) is 0 Å². The Balaban J connectivity index is 3.69. The van der Waals surface area contributed by atoms with Crippen LogP contribution in [0.25, 0.3) is 0 Å². The van der Waals surface area contributed by atoms with Gasteiger partial charge in [-0.2, -0.15) is 0 Å². The zero-order valence-corrected chi connectivity index (χ0v) is 9.94. The summed E-state index contributed by atoms with van der Waals surface area (Å²) in [5, 5.41) is 0. The Hall–Kier alpha value is -1.58. The van der Waals surface area contributed by atoms with Crippen LogP contribution in [-0.4, -0.2) is 25.2 Å². The summed E-state index contributed by atoms with van der Waals surface area (Å²) in [5.41, 5.74) is 0. The van der Waals surface area contributed by atoms with Crippen molar-refractivity contribution in [2.24, 2.45) is 0 Å². The molecule has 94 valence electrons. The van der Waals surface area contributed by atoms with E-state index in [9.17, 15) is 9.59 Å². The van der Waals surface area contributed by atoms with E-state index < -0.39 is 11.9 Å². The molecular formula is C13H18O4. The van der Waals surface area contributed by atoms with Crippen LogP contribution in [0.4, 0.5) is 0 Å². The maximum Gasteiger partial charge on any atom is 0.330 e. The third-order valence-electron chi connectivity index (χ3n) is 2.09. The number of ether oxygens (including phenoxy) is 2. The van der Waals surface area contributed by atoms with E-state index in [1.165, 1.54) is 0 Å². The molecule has 0 spiro atoms. The van der Waals surface area contributed by atoms with Crippen molar-refractivity contribution in [2.45, 2.75) is 19.3 Å². The van der Waals surface area contributed by atoms with E-state index in [2.05, 4.69) is 20.1 Å². The molecule has 4 nitrogen and oxygen atoms in total. The number of carbonyl (C=O) groups excluding carboxylic acids is 2. The van der Waals surface area contributed by atoms with E-state index >= 15 is 0 Å². The third-order valence-corrected chi connectivity index (χ3v) is 2.09. The summed E-state index contributed by atoms with van der Waals surface area (Å²) in [6.45, 7) is 10.9. The summed E-state index contributed by atoms with van der Waals surface area (Å²) in [7, 11) is 0. The van der Waals surface area contributed by atoms with Crippen molar-refractivity contribution >= 4 is 11.9 Å². The Morgan fingerprint density at radius 2 is 1.35 bits per heavy atom. The first-order valence-electron chi connectivity index (χ1n) is 5.35. The molecule has 0 aromatic heterocycles. The molecule has 0 rings (SSSR count). The Morgan fingerprint density at radius 3 is 1.65 bits per heavy atom. The lowest BCUT2D eigenvalue weighted by Gasteiger charge is -2.13. The molecule has 0 atom stereocenters. The first kappa shape index (κ1) is 15.4. The third kappa shape index (κ3) is 8.25. The summed E-state index contributed by atoms with van der Waals surface area (Å²) >= 11 is 0. The van der Waals surface area contributed by atoms with Crippen molar-refractivity contribution in [3.05, 3.63) is 38.2 Å². The average molecular weight is 238 g/mol. The molecule has 17 heavy (non-hydrogen) atoms. The van der Waals surface area contributed by atoms with Gasteiger partial charge < -0.3 is 9.47 Å². The quantitative estimate of drug-likeness (QED) is 0.455. The summed E-state index contributed by atoms with van der Waals surface area (Å²) in [4.78, 5) is 21.6. The Labute approximate surface area is 102 Å². The molecule has 4 heteroatoms. The van der Waals surface area contributed by atoms with E-state index in [1.54, 1.807) is 0 Å². The predicted octanol–water partition coefficient (Wildman–Crippen LogP) is 2.02. The molecule has 0 heterocycles. The van der Waals surface area contributed by atoms with E-state index in [0.29, 0.717) is 32.5 Å². The minimum Gasteiger partial charge on any atom is -0.463 e. The summed E-state index contributed by atoms with van der Waals surface area (Å²) < 4.78 is 9.69. The molecule has 0 amide bonds. The molecule has 0 aliphatic rings. The molecule has 0 aromatic carbocycles. The lowest BCUT2D eigenvalue weighted by Crippen LogP contribution is -2.10. The highest BCUT2D eigenvalue weighted by Crippen LogP contribution is 2.15. The average Bonchev–Trinajstić information content (AvgIpc) is 2.36. The van der Waals surface area contributed by atoms with Crippen molar-refractivity contribution in [2.75, 3.05) is 13.2 Å². The van der Waals surface area contributed by atoms with Gasteiger partial charge in [-0.3, -0.25) is 0 Å². The second kappa shape index (κ2) is 9.63. The number of rotatable bonds is 9. The smallest absolute Gasteiger partial charge is 0.330 e. The first-order chi connectivity index (χ1) is 8.13. The fourth-order valence-electron chi connectivity index (χ4n) is 1.08. The summed E-state index contributed by atoms with van der Waals surface area (Å²) in [5.74, 6) is 0.205. The predicted molar refractivity (Wildman–Crippen MR) is 64.8 cm³/mol. The summed E-state index contributed by atoms with van der Waals surface area (Å²) in [6, 6.07) is 0. The van der Waals surface area contributed by atoms with Gasteiger partial charge in [0.1, 0.15) is 0 Å². The first-order valence-corrected chi connectivity index (χ1v) is 5.35. The maximum atomic E-state index is 10.8. The Kier molecular flexibility index (Phi) is 8.74. The number of carbonyl (C=O) groups is 2.